The van der Waals surface area contributed by atoms with Gasteiger partial charge in [-0.3, -0.25) is 4.57 Å². The quantitative estimate of drug-likeness (QED) is 0.875. The number of fused-ring (bicyclic) bond motifs is 1. The Bertz CT molecular complexity index is 638. The number of likely N-dealkylation sites (tertiary alicyclic amines) is 1. The third kappa shape index (κ3) is 3.19. The standard InChI is InChI=1S/C16H23N3O2/c20-12-13-6-10-18(11-7-13)8-3-9-19-15-5-2-1-4-14(15)17-16(19)21/h1-2,4-5,13,20H,3,6-12H2,(H,17,21). The second kappa shape index (κ2) is 6.45. The number of H-pyrrole nitrogens is 1. The molecule has 2 N–H and O–H groups in total. The number of hydrogen-bond acceptors (Lipinski definition) is 3. The number of imidazole rings is 1. The van der Waals surface area contributed by atoms with Crippen LogP contribution in [0.4, 0.5) is 0 Å². The van der Waals surface area contributed by atoms with Gasteiger partial charge in [0.25, 0.3) is 0 Å². The summed E-state index contributed by atoms with van der Waals surface area (Å²) in [5.41, 5.74) is 1.88. The van der Waals surface area contributed by atoms with Gasteiger partial charge in [0.1, 0.15) is 0 Å². The van der Waals surface area contributed by atoms with Crippen molar-refractivity contribution in [3.63, 3.8) is 0 Å². The van der Waals surface area contributed by atoms with E-state index in [1.54, 1.807) is 0 Å². The van der Waals surface area contributed by atoms with Crippen LogP contribution in [-0.4, -0.2) is 45.8 Å². The highest BCUT2D eigenvalue weighted by Crippen LogP contribution is 2.16. The SMILES string of the molecule is O=c1[nH]c2ccccc2n1CCCN1CCC(CO)CC1. The largest absolute Gasteiger partial charge is 0.396 e. The minimum atomic E-state index is -0.0183. The van der Waals surface area contributed by atoms with Gasteiger partial charge in [-0.2, -0.15) is 0 Å². The summed E-state index contributed by atoms with van der Waals surface area (Å²) in [6, 6.07) is 7.83. The molecule has 0 amide bonds. The zero-order valence-corrected chi connectivity index (χ0v) is 12.3. The van der Waals surface area contributed by atoms with E-state index in [0.717, 1.165) is 56.5 Å². The molecule has 0 saturated carbocycles. The molecule has 1 saturated heterocycles. The van der Waals surface area contributed by atoms with Gasteiger partial charge >= 0.3 is 5.69 Å². The molecule has 1 aromatic heterocycles. The fourth-order valence-electron chi connectivity index (χ4n) is 3.17. The van der Waals surface area contributed by atoms with Crippen LogP contribution in [0.15, 0.2) is 29.1 Å². The van der Waals surface area contributed by atoms with Gasteiger partial charge in [-0.1, -0.05) is 12.1 Å². The topological polar surface area (TPSA) is 61.3 Å². The van der Waals surface area contributed by atoms with E-state index in [9.17, 15) is 4.79 Å². The lowest BCUT2D eigenvalue weighted by Crippen LogP contribution is -2.36. The molecule has 114 valence electrons. The average Bonchev–Trinajstić information content (AvgIpc) is 2.84. The number of aliphatic hydroxyl groups is 1. The van der Waals surface area contributed by atoms with Crippen molar-refractivity contribution in [3.05, 3.63) is 34.7 Å². The highest BCUT2D eigenvalue weighted by atomic mass is 16.3. The third-order valence-corrected chi connectivity index (χ3v) is 4.50. The van der Waals surface area contributed by atoms with E-state index in [-0.39, 0.29) is 5.69 Å². The maximum Gasteiger partial charge on any atom is 0.326 e. The number of aryl methyl sites for hydroxylation is 1. The van der Waals surface area contributed by atoms with E-state index in [1.807, 2.05) is 28.8 Å². The van der Waals surface area contributed by atoms with E-state index >= 15 is 0 Å². The van der Waals surface area contributed by atoms with Crippen LogP contribution in [0.3, 0.4) is 0 Å². The van der Waals surface area contributed by atoms with Gasteiger partial charge in [0.05, 0.1) is 11.0 Å². The summed E-state index contributed by atoms with van der Waals surface area (Å²) in [6.45, 7) is 4.22. The molecule has 5 nitrogen and oxygen atoms in total. The van der Waals surface area contributed by atoms with E-state index in [2.05, 4.69) is 9.88 Å². The number of aromatic amines is 1. The van der Waals surface area contributed by atoms with E-state index < -0.39 is 0 Å². The van der Waals surface area contributed by atoms with Crippen LogP contribution in [0.2, 0.25) is 0 Å². The number of benzene rings is 1. The highest BCUT2D eigenvalue weighted by molar-refractivity contribution is 5.74. The van der Waals surface area contributed by atoms with Crippen molar-refractivity contribution in [2.75, 3.05) is 26.2 Å². The number of aromatic nitrogens is 2. The zero-order valence-electron chi connectivity index (χ0n) is 12.3. The third-order valence-electron chi connectivity index (χ3n) is 4.50. The number of para-hydroxylation sites is 2. The molecule has 1 aliphatic rings. The minimum absolute atomic E-state index is 0.0183. The van der Waals surface area contributed by atoms with Gasteiger partial charge in [-0.05, 0) is 56.9 Å². The Morgan fingerprint density at radius 1 is 1.19 bits per heavy atom. The lowest BCUT2D eigenvalue weighted by atomic mass is 9.98. The van der Waals surface area contributed by atoms with Crippen LogP contribution in [0, 0.1) is 5.92 Å². The molecule has 0 atom stereocenters. The summed E-state index contributed by atoms with van der Waals surface area (Å²) in [5, 5.41) is 9.15. The first kappa shape index (κ1) is 14.4. The fourth-order valence-corrected chi connectivity index (χ4v) is 3.17. The predicted octanol–water partition coefficient (Wildman–Crippen LogP) is 1.42. The summed E-state index contributed by atoms with van der Waals surface area (Å²) in [7, 11) is 0. The van der Waals surface area contributed by atoms with Crippen molar-refractivity contribution in [3.8, 4) is 0 Å². The monoisotopic (exact) mass is 289 g/mol. The van der Waals surface area contributed by atoms with Crippen LogP contribution in [0.5, 0.6) is 0 Å². The van der Waals surface area contributed by atoms with Gasteiger partial charge in [0.15, 0.2) is 0 Å². The Labute approximate surface area is 124 Å². The molecule has 0 bridgehead atoms. The Balaban J connectivity index is 1.55. The summed E-state index contributed by atoms with van der Waals surface area (Å²) in [6.07, 6.45) is 3.15. The van der Waals surface area contributed by atoms with Crippen molar-refractivity contribution >= 4 is 11.0 Å². The maximum absolute atomic E-state index is 12.0. The van der Waals surface area contributed by atoms with Gasteiger partial charge < -0.3 is 15.0 Å². The van der Waals surface area contributed by atoms with Crippen LogP contribution in [-0.2, 0) is 6.54 Å². The normalized spacial score (nSPS) is 17.6. The Morgan fingerprint density at radius 2 is 1.95 bits per heavy atom. The molecule has 2 aromatic rings. The molecular weight excluding hydrogens is 266 g/mol. The molecule has 1 aromatic carbocycles. The molecule has 2 heterocycles. The molecular formula is C16H23N3O2. The van der Waals surface area contributed by atoms with Gasteiger partial charge in [-0.15, -0.1) is 0 Å². The Hall–Kier alpha value is -1.59. The predicted molar refractivity (Wildman–Crippen MR) is 83.4 cm³/mol. The number of nitrogens with zero attached hydrogens (tertiary/aromatic N) is 2. The van der Waals surface area contributed by atoms with Crippen LogP contribution < -0.4 is 5.69 Å². The molecule has 0 unspecified atom stereocenters. The van der Waals surface area contributed by atoms with Crippen LogP contribution >= 0.6 is 0 Å². The van der Waals surface area contributed by atoms with E-state index in [1.165, 1.54) is 0 Å². The molecule has 21 heavy (non-hydrogen) atoms. The van der Waals surface area contributed by atoms with Crippen LogP contribution in [0.25, 0.3) is 11.0 Å². The molecule has 0 aliphatic carbocycles. The van der Waals surface area contributed by atoms with Crippen molar-refractivity contribution in [1.29, 1.82) is 0 Å². The second-order valence-corrected chi connectivity index (χ2v) is 5.92. The summed E-state index contributed by atoms with van der Waals surface area (Å²) in [5.74, 6) is 0.484. The number of rotatable bonds is 5. The molecule has 1 aliphatic heterocycles. The first-order valence-corrected chi connectivity index (χ1v) is 7.78. The average molecular weight is 289 g/mol. The Morgan fingerprint density at radius 3 is 2.71 bits per heavy atom. The van der Waals surface area contributed by atoms with Crippen molar-refractivity contribution in [2.24, 2.45) is 5.92 Å². The Kier molecular flexibility index (Phi) is 4.41. The van der Waals surface area contributed by atoms with Crippen molar-refractivity contribution in [2.45, 2.75) is 25.8 Å². The zero-order chi connectivity index (χ0) is 14.7. The number of hydrogen-bond donors (Lipinski definition) is 2. The van der Waals surface area contributed by atoms with Crippen LogP contribution in [0.1, 0.15) is 19.3 Å². The summed E-state index contributed by atoms with van der Waals surface area (Å²) >= 11 is 0. The molecule has 1 fully saturated rings. The number of nitrogens with one attached hydrogen (secondary N) is 1. The van der Waals surface area contributed by atoms with E-state index in [4.69, 9.17) is 5.11 Å². The first-order chi connectivity index (χ1) is 10.3. The molecule has 0 spiro atoms. The lowest BCUT2D eigenvalue weighted by Gasteiger charge is -2.30. The highest BCUT2D eigenvalue weighted by Gasteiger charge is 2.18. The smallest absolute Gasteiger partial charge is 0.326 e. The molecule has 5 heteroatoms. The summed E-state index contributed by atoms with van der Waals surface area (Å²) in [4.78, 5) is 17.3. The van der Waals surface area contributed by atoms with E-state index in [0.29, 0.717) is 12.5 Å². The maximum atomic E-state index is 12.0. The molecule has 3 rings (SSSR count). The van der Waals surface area contributed by atoms with Crippen molar-refractivity contribution < 1.29 is 5.11 Å². The fraction of sp³-hybridized carbons (Fsp3) is 0.562. The first-order valence-electron chi connectivity index (χ1n) is 7.78. The lowest BCUT2D eigenvalue weighted by molar-refractivity contribution is 0.130. The molecule has 0 radical (unpaired) electrons. The van der Waals surface area contributed by atoms with Gasteiger partial charge in [0.2, 0.25) is 0 Å². The number of aliphatic hydroxyl groups excluding tert-OH is 1. The minimum Gasteiger partial charge on any atom is -0.396 e. The second-order valence-electron chi connectivity index (χ2n) is 5.92. The van der Waals surface area contributed by atoms with Gasteiger partial charge in [0, 0.05) is 13.2 Å². The van der Waals surface area contributed by atoms with Crippen molar-refractivity contribution in [1.82, 2.24) is 14.5 Å². The number of piperidine rings is 1. The summed E-state index contributed by atoms with van der Waals surface area (Å²) < 4.78 is 1.83. The van der Waals surface area contributed by atoms with Gasteiger partial charge in [-0.25, -0.2) is 4.79 Å².